The normalized spacial score (nSPS) is 12.0. The number of halogens is 2. The van der Waals surface area contributed by atoms with Gasteiger partial charge in [-0.25, -0.2) is 4.79 Å². The lowest BCUT2D eigenvalue weighted by Crippen LogP contribution is -2.43. The van der Waals surface area contributed by atoms with Crippen LogP contribution in [0.3, 0.4) is 0 Å². The molecule has 0 spiro atoms. The molecule has 1 rings (SSSR count). The fraction of sp³-hybridized carbons (Fsp3) is 0.533. The Morgan fingerprint density at radius 3 is 2.67 bits per heavy atom. The van der Waals surface area contributed by atoms with Crippen molar-refractivity contribution in [2.75, 3.05) is 13.2 Å². The number of benzene rings is 1. The van der Waals surface area contributed by atoms with E-state index in [1.165, 1.54) is 0 Å². The third-order valence-corrected chi connectivity index (χ3v) is 3.93. The number of nitrogens with zero attached hydrogens (tertiary/aromatic N) is 1. The number of hydrogen-bond acceptors (Lipinski definition) is 2. The predicted molar refractivity (Wildman–Crippen MR) is 86.9 cm³/mol. The number of aliphatic hydroxyl groups is 1. The van der Waals surface area contributed by atoms with Crippen LogP contribution in [-0.4, -0.2) is 35.2 Å². The van der Waals surface area contributed by atoms with Crippen molar-refractivity contribution < 1.29 is 9.90 Å². The van der Waals surface area contributed by atoms with Gasteiger partial charge in [-0.3, -0.25) is 0 Å². The maximum atomic E-state index is 12.2. The van der Waals surface area contributed by atoms with Crippen LogP contribution in [-0.2, 0) is 6.54 Å². The standard InChI is InChI=1S/C15H22Cl2N2O2/c1-3-19(15(21)18-11(2)5-4-8-20)10-12-6-7-13(16)14(17)9-12/h6-7,9,11,20H,3-5,8,10H2,1-2H3,(H,18,21). The molecule has 4 nitrogen and oxygen atoms in total. The second-order valence-electron chi connectivity index (χ2n) is 4.98. The summed E-state index contributed by atoms with van der Waals surface area (Å²) in [7, 11) is 0. The van der Waals surface area contributed by atoms with Crippen molar-refractivity contribution in [2.45, 2.75) is 39.3 Å². The number of rotatable bonds is 7. The molecule has 0 radical (unpaired) electrons. The highest BCUT2D eigenvalue weighted by Crippen LogP contribution is 2.23. The van der Waals surface area contributed by atoms with Crippen LogP contribution >= 0.6 is 23.2 Å². The maximum absolute atomic E-state index is 12.2. The van der Waals surface area contributed by atoms with Crippen LogP contribution in [0.25, 0.3) is 0 Å². The quantitative estimate of drug-likeness (QED) is 0.800. The van der Waals surface area contributed by atoms with Crippen molar-refractivity contribution in [1.29, 1.82) is 0 Å². The summed E-state index contributed by atoms with van der Waals surface area (Å²) < 4.78 is 0. The first-order valence-corrected chi connectivity index (χ1v) is 7.83. The van der Waals surface area contributed by atoms with E-state index in [1.54, 1.807) is 17.0 Å². The maximum Gasteiger partial charge on any atom is 0.317 e. The lowest BCUT2D eigenvalue weighted by molar-refractivity contribution is 0.192. The molecule has 0 heterocycles. The average Bonchev–Trinajstić information content (AvgIpc) is 2.46. The Balaban J connectivity index is 2.60. The molecule has 0 fully saturated rings. The van der Waals surface area contributed by atoms with E-state index in [-0.39, 0.29) is 18.7 Å². The third kappa shape index (κ3) is 6.12. The van der Waals surface area contributed by atoms with Gasteiger partial charge in [-0.1, -0.05) is 29.3 Å². The van der Waals surface area contributed by atoms with E-state index in [9.17, 15) is 4.79 Å². The van der Waals surface area contributed by atoms with Gasteiger partial charge in [-0.05, 0) is 44.4 Å². The molecule has 118 valence electrons. The van der Waals surface area contributed by atoms with Gasteiger partial charge in [-0.2, -0.15) is 0 Å². The van der Waals surface area contributed by atoms with E-state index in [2.05, 4.69) is 5.32 Å². The smallest absolute Gasteiger partial charge is 0.317 e. The SMILES string of the molecule is CCN(Cc1ccc(Cl)c(Cl)c1)C(=O)NC(C)CCCO. The highest BCUT2D eigenvalue weighted by Gasteiger charge is 2.14. The molecule has 0 saturated carbocycles. The van der Waals surface area contributed by atoms with Crippen molar-refractivity contribution in [3.8, 4) is 0 Å². The van der Waals surface area contributed by atoms with E-state index in [4.69, 9.17) is 28.3 Å². The minimum atomic E-state index is -0.117. The number of urea groups is 1. The van der Waals surface area contributed by atoms with Gasteiger partial charge in [0.1, 0.15) is 0 Å². The topological polar surface area (TPSA) is 52.6 Å². The third-order valence-electron chi connectivity index (χ3n) is 3.19. The zero-order valence-electron chi connectivity index (χ0n) is 12.4. The van der Waals surface area contributed by atoms with Gasteiger partial charge < -0.3 is 15.3 Å². The van der Waals surface area contributed by atoms with E-state index >= 15 is 0 Å². The first-order chi connectivity index (χ1) is 9.97. The van der Waals surface area contributed by atoms with Gasteiger partial charge in [0, 0.05) is 25.7 Å². The van der Waals surface area contributed by atoms with Crippen LogP contribution in [0, 0.1) is 0 Å². The number of aliphatic hydroxyl groups excluding tert-OH is 1. The second kappa shape index (κ2) is 9.13. The number of hydrogen-bond donors (Lipinski definition) is 2. The summed E-state index contributed by atoms with van der Waals surface area (Å²) in [4.78, 5) is 13.9. The van der Waals surface area contributed by atoms with Crippen molar-refractivity contribution >= 4 is 29.2 Å². The monoisotopic (exact) mass is 332 g/mol. The molecule has 0 aliphatic rings. The number of nitrogens with one attached hydrogen (secondary N) is 1. The van der Waals surface area contributed by atoms with Crippen molar-refractivity contribution in [3.63, 3.8) is 0 Å². The average molecular weight is 333 g/mol. The van der Waals surface area contributed by atoms with Crippen molar-refractivity contribution in [3.05, 3.63) is 33.8 Å². The van der Waals surface area contributed by atoms with E-state index < -0.39 is 0 Å². The summed E-state index contributed by atoms with van der Waals surface area (Å²) in [6.45, 7) is 5.07. The molecule has 0 saturated heterocycles. The van der Waals surface area contributed by atoms with Crippen LogP contribution in [0.2, 0.25) is 10.0 Å². The van der Waals surface area contributed by atoms with Gasteiger partial charge in [0.15, 0.2) is 0 Å². The van der Waals surface area contributed by atoms with E-state index in [0.29, 0.717) is 29.6 Å². The largest absolute Gasteiger partial charge is 0.396 e. The molecule has 0 bridgehead atoms. The molecule has 1 unspecified atom stereocenters. The van der Waals surface area contributed by atoms with Gasteiger partial charge in [0.25, 0.3) is 0 Å². The molecular formula is C15H22Cl2N2O2. The Morgan fingerprint density at radius 1 is 1.38 bits per heavy atom. The van der Waals surface area contributed by atoms with Crippen molar-refractivity contribution in [2.24, 2.45) is 0 Å². The van der Waals surface area contributed by atoms with Crippen molar-refractivity contribution in [1.82, 2.24) is 10.2 Å². The Labute approximate surface area is 136 Å². The van der Waals surface area contributed by atoms with Gasteiger partial charge in [-0.15, -0.1) is 0 Å². The molecule has 0 aliphatic heterocycles. The zero-order valence-corrected chi connectivity index (χ0v) is 13.9. The number of carbonyl (C=O) groups is 1. The summed E-state index contributed by atoms with van der Waals surface area (Å²) in [6.07, 6.45) is 1.44. The van der Waals surface area contributed by atoms with Crippen LogP contribution in [0.15, 0.2) is 18.2 Å². The lowest BCUT2D eigenvalue weighted by Gasteiger charge is -2.24. The molecule has 2 amide bonds. The summed E-state index contributed by atoms with van der Waals surface area (Å²) in [5.74, 6) is 0. The summed E-state index contributed by atoms with van der Waals surface area (Å²) in [6, 6.07) is 5.28. The molecule has 1 aromatic carbocycles. The van der Waals surface area contributed by atoms with Crippen LogP contribution in [0.1, 0.15) is 32.3 Å². The molecular weight excluding hydrogens is 311 g/mol. The Kier molecular flexibility index (Phi) is 7.86. The first kappa shape index (κ1) is 18.1. The predicted octanol–water partition coefficient (Wildman–Crippen LogP) is 3.69. The van der Waals surface area contributed by atoms with Gasteiger partial charge >= 0.3 is 6.03 Å². The van der Waals surface area contributed by atoms with E-state index in [1.807, 2.05) is 19.9 Å². The number of carbonyl (C=O) groups excluding carboxylic acids is 1. The highest BCUT2D eigenvalue weighted by atomic mass is 35.5. The Hall–Kier alpha value is -0.970. The Morgan fingerprint density at radius 2 is 2.10 bits per heavy atom. The fourth-order valence-electron chi connectivity index (χ4n) is 1.96. The molecule has 0 aromatic heterocycles. The lowest BCUT2D eigenvalue weighted by atomic mass is 10.2. The molecule has 0 aliphatic carbocycles. The minimum Gasteiger partial charge on any atom is -0.396 e. The van der Waals surface area contributed by atoms with E-state index in [0.717, 1.165) is 12.0 Å². The molecule has 1 atom stereocenters. The zero-order chi connectivity index (χ0) is 15.8. The summed E-state index contributed by atoms with van der Waals surface area (Å²) in [5, 5.41) is 12.7. The summed E-state index contributed by atoms with van der Waals surface area (Å²) >= 11 is 11.9. The van der Waals surface area contributed by atoms with Crippen LogP contribution < -0.4 is 5.32 Å². The number of amides is 2. The molecule has 6 heteroatoms. The first-order valence-electron chi connectivity index (χ1n) is 7.08. The van der Waals surface area contributed by atoms with Crippen LogP contribution in [0.5, 0.6) is 0 Å². The van der Waals surface area contributed by atoms with Crippen LogP contribution in [0.4, 0.5) is 4.79 Å². The highest BCUT2D eigenvalue weighted by molar-refractivity contribution is 6.42. The second-order valence-corrected chi connectivity index (χ2v) is 5.79. The van der Waals surface area contributed by atoms with Gasteiger partial charge in [0.2, 0.25) is 0 Å². The fourth-order valence-corrected chi connectivity index (χ4v) is 2.28. The van der Waals surface area contributed by atoms with Gasteiger partial charge in [0.05, 0.1) is 10.0 Å². The molecule has 1 aromatic rings. The minimum absolute atomic E-state index is 0.0347. The Bertz CT molecular complexity index is 469. The molecule has 2 N–H and O–H groups in total. The summed E-state index contributed by atoms with van der Waals surface area (Å²) in [5.41, 5.74) is 0.935. The molecule has 21 heavy (non-hydrogen) atoms.